The van der Waals surface area contributed by atoms with Crippen molar-refractivity contribution in [1.29, 1.82) is 0 Å². The van der Waals surface area contributed by atoms with Crippen LogP contribution in [0.25, 0.3) is 0 Å². The molecule has 1 aromatic heterocycles. The molecule has 0 aliphatic carbocycles. The summed E-state index contributed by atoms with van der Waals surface area (Å²) < 4.78 is 4.99. The topological polar surface area (TPSA) is 52.0 Å². The Kier molecular flexibility index (Phi) is 2.06. The summed E-state index contributed by atoms with van der Waals surface area (Å²) in [7, 11) is 0. The fourth-order valence-corrected chi connectivity index (χ4v) is 0.697. The molecule has 1 aromatic rings. The Bertz CT molecular complexity index is 205. The van der Waals surface area contributed by atoms with E-state index in [9.17, 15) is 0 Å². The van der Waals surface area contributed by atoms with Gasteiger partial charge in [0.05, 0.1) is 5.69 Å². The molecule has 56 valence electrons. The second-order valence-electron chi connectivity index (χ2n) is 2.58. The molecule has 0 aliphatic rings. The van der Waals surface area contributed by atoms with Crippen LogP contribution >= 0.6 is 0 Å². The Balaban J connectivity index is 2.78. The lowest BCUT2D eigenvalue weighted by molar-refractivity contribution is 0.366. The van der Waals surface area contributed by atoms with Crippen LogP contribution < -0.4 is 5.73 Å². The average Bonchev–Trinajstić information content (AvgIpc) is 2.34. The summed E-state index contributed by atoms with van der Waals surface area (Å²) in [4.78, 5) is 0. The maximum absolute atomic E-state index is 5.34. The van der Waals surface area contributed by atoms with Crippen LogP contribution in [-0.2, 0) is 6.54 Å². The first-order valence-corrected chi connectivity index (χ1v) is 3.39. The number of rotatable bonds is 2. The molecule has 0 spiro atoms. The lowest BCUT2D eigenvalue weighted by Gasteiger charge is -1.93. The maximum Gasteiger partial charge on any atom is 0.139 e. The minimum atomic E-state index is 0.396. The van der Waals surface area contributed by atoms with Crippen molar-refractivity contribution < 1.29 is 4.52 Å². The van der Waals surface area contributed by atoms with Crippen LogP contribution in [0, 0.1) is 0 Å². The summed E-state index contributed by atoms with van der Waals surface area (Å²) in [6.45, 7) is 4.57. The standard InChI is InChI=1S/C7H12N2O/c1-5(2)7-3-6(4-8)9-10-7/h3,5H,4,8H2,1-2H3. The highest BCUT2D eigenvalue weighted by Gasteiger charge is 2.05. The van der Waals surface area contributed by atoms with E-state index in [1.807, 2.05) is 6.07 Å². The maximum atomic E-state index is 5.34. The fourth-order valence-electron chi connectivity index (χ4n) is 0.697. The van der Waals surface area contributed by atoms with Gasteiger partial charge in [-0.2, -0.15) is 0 Å². The zero-order chi connectivity index (χ0) is 7.56. The Morgan fingerprint density at radius 1 is 1.70 bits per heavy atom. The van der Waals surface area contributed by atoms with Gasteiger partial charge in [0.2, 0.25) is 0 Å². The summed E-state index contributed by atoms with van der Waals surface area (Å²) in [5, 5.41) is 3.76. The molecule has 1 rings (SSSR count). The zero-order valence-electron chi connectivity index (χ0n) is 6.29. The minimum absolute atomic E-state index is 0.396. The molecule has 0 aliphatic heterocycles. The van der Waals surface area contributed by atoms with Crippen LogP contribution in [0.1, 0.15) is 31.2 Å². The Morgan fingerprint density at radius 3 is 2.70 bits per heavy atom. The molecule has 0 fully saturated rings. The molecule has 0 saturated heterocycles. The van der Waals surface area contributed by atoms with E-state index in [2.05, 4.69) is 19.0 Å². The molecule has 0 unspecified atom stereocenters. The van der Waals surface area contributed by atoms with Crippen LogP contribution in [0.15, 0.2) is 10.6 Å². The zero-order valence-corrected chi connectivity index (χ0v) is 6.29. The van der Waals surface area contributed by atoms with Crippen LogP contribution in [0.2, 0.25) is 0 Å². The van der Waals surface area contributed by atoms with Gasteiger partial charge in [0.1, 0.15) is 5.76 Å². The monoisotopic (exact) mass is 140 g/mol. The molecular weight excluding hydrogens is 128 g/mol. The SMILES string of the molecule is CC(C)c1cc(CN)no1. The lowest BCUT2D eigenvalue weighted by atomic mass is 10.1. The highest BCUT2D eigenvalue weighted by Crippen LogP contribution is 2.14. The number of hydrogen-bond acceptors (Lipinski definition) is 3. The van der Waals surface area contributed by atoms with E-state index in [1.54, 1.807) is 0 Å². The van der Waals surface area contributed by atoms with Crippen LogP contribution in [0.3, 0.4) is 0 Å². The predicted molar refractivity (Wildman–Crippen MR) is 38.5 cm³/mol. The number of aromatic nitrogens is 1. The van der Waals surface area contributed by atoms with E-state index in [-0.39, 0.29) is 0 Å². The van der Waals surface area contributed by atoms with Crippen LogP contribution in [0.5, 0.6) is 0 Å². The van der Waals surface area contributed by atoms with E-state index >= 15 is 0 Å². The predicted octanol–water partition coefficient (Wildman–Crippen LogP) is 1.26. The van der Waals surface area contributed by atoms with Crippen molar-refractivity contribution >= 4 is 0 Å². The normalized spacial score (nSPS) is 10.8. The molecule has 0 bridgehead atoms. The summed E-state index contributed by atoms with van der Waals surface area (Å²) >= 11 is 0. The summed E-state index contributed by atoms with van der Waals surface area (Å²) in [6, 6.07) is 1.89. The van der Waals surface area contributed by atoms with E-state index in [0.29, 0.717) is 12.5 Å². The summed E-state index contributed by atoms with van der Waals surface area (Å²) in [6.07, 6.45) is 0. The third-order valence-corrected chi connectivity index (χ3v) is 1.36. The molecule has 0 radical (unpaired) electrons. The van der Waals surface area contributed by atoms with Gasteiger partial charge in [-0.05, 0) is 0 Å². The van der Waals surface area contributed by atoms with Gasteiger partial charge in [-0.3, -0.25) is 0 Å². The molecule has 3 heteroatoms. The summed E-state index contributed by atoms with van der Waals surface area (Å²) in [5.41, 5.74) is 6.16. The molecule has 0 saturated carbocycles. The molecular formula is C7H12N2O. The average molecular weight is 140 g/mol. The lowest BCUT2D eigenvalue weighted by Crippen LogP contribution is -1.95. The van der Waals surface area contributed by atoms with Crippen LogP contribution in [0.4, 0.5) is 0 Å². The molecule has 1 heterocycles. The first-order chi connectivity index (χ1) is 4.74. The van der Waals surface area contributed by atoms with Crippen molar-refractivity contribution in [2.24, 2.45) is 5.73 Å². The Hall–Kier alpha value is -0.830. The van der Waals surface area contributed by atoms with Gasteiger partial charge in [-0.25, -0.2) is 0 Å². The van der Waals surface area contributed by atoms with Gasteiger partial charge in [0, 0.05) is 18.5 Å². The highest BCUT2D eigenvalue weighted by atomic mass is 16.5. The van der Waals surface area contributed by atoms with Gasteiger partial charge >= 0.3 is 0 Å². The quantitative estimate of drug-likeness (QED) is 0.672. The third kappa shape index (κ3) is 1.36. The molecule has 0 amide bonds. The van der Waals surface area contributed by atoms with Gasteiger partial charge in [0.25, 0.3) is 0 Å². The van der Waals surface area contributed by atoms with Gasteiger partial charge in [-0.1, -0.05) is 19.0 Å². The molecule has 0 atom stereocenters. The van der Waals surface area contributed by atoms with E-state index in [0.717, 1.165) is 11.5 Å². The van der Waals surface area contributed by atoms with Gasteiger partial charge < -0.3 is 10.3 Å². The Morgan fingerprint density at radius 2 is 2.40 bits per heavy atom. The van der Waals surface area contributed by atoms with Crippen molar-refractivity contribution in [3.05, 3.63) is 17.5 Å². The minimum Gasteiger partial charge on any atom is -0.361 e. The largest absolute Gasteiger partial charge is 0.361 e. The first-order valence-electron chi connectivity index (χ1n) is 3.39. The number of hydrogen-bond donors (Lipinski definition) is 1. The van der Waals surface area contributed by atoms with Gasteiger partial charge in [0.15, 0.2) is 0 Å². The fraction of sp³-hybridized carbons (Fsp3) is 0.571. The first kappa shape index (κ1) is 7.28. The second kappa shape index (κ2) is 2.84. The van der Waals surface area contributed by atoms with Crippen molar-refractivity contribution in [3.8, 4) is 0 Å². The van der Waals surface area contributed by atoms with Gasteiger partial charge in [-0.15, -0.1) is 0 Å². The van der Waals surface area contributed by atoms with Crippen molar-refractivity contribution in [2.45, 2.75) is 26.3 Å². The van der Waals surface area contributed by atoms with Crippen LogP contribution in [-0.4, -0.2) is 5.16 Å². The van der Waals surface area contributed by atoms with Crippen molar-refractivity contribution in [2.75, 3.05) is 0 Å². The highest BCUT2D eigenvalue weighted by molar-refractivity contribution is 5.07. The Labute approximate surface area is 60.2 Å². The van der Waals surface area contributed by atoms with E-state index in [4.69, 9.17) is 10.3 Å². The smallest absolute Gasteiger partial charge is 0.139 e. The van der Waals surface area contributed by atoms with Crippen molar-refractivity contribution in [3.63, 3.8) is 0 Å². The molecule has 0 aromatic carbocycles. The summed E-state index contributed by atoms with van der Waals surface area (Å²) in [5.74, 6) is 1.30. The number of nitrogens with two attached hydrogens (primary N) is 1. The van der Waals surface area contributed by atoms with E-state index < -0.39 is 0 Å². The molecule has 3 nitrogen and oxygen atoms in total. The number of nitrogens with zero attached hydrogens (tertiary/aromatic N) is 1. The third-order valence-electron chi connectivity index (χ3n) is 1.36. The molecule has 10 heavy (non-hydrogen) atoms. The molecule has 2 N–H and O–H groups in total. The van der Waals surface area contributed by atoms with Crippen molar-refractivity contribution in [1.82, 2.24) is 5.16 Å². The second-order valence-corrected chi connectivity index (χ2v) is 2.58. The van der Waals surface area contributed by atoms with E-state index in [1.165, 1.54) is 0 Å².